The summed E-state index contributed by atoms with van der Waals surface area (Å²) in [5, 5.41) is 15.7. The molecule has 1 aliphatic rings. The van der Waals surface area contributed by atoms with Gasteiger partial charge < -0.3 is 18.6 Å². The maximum atomic E-state index is 6.68. The molecule has 2 aromatic carbocycles. The molecule has 0 aliphatic carbocycles. The minimum atomic E-state index is -2.01. The third-order valence-electron chi connectivity index (χ3n) is 9.16. The van der Waals surface area contributed by atoms with Crippen LogP contribution < -0.4 is 4.43 Å². The lowest BCUT2D eigenvalue weighted by molar-refractivity contribution is -0.0365. The fourth-order valence-corrected chi connectivity index (χ4v) is 6.19. The van der Waals surface area contributed by atoms with Gasteiger partial charge in [0.25, 0.3) is 0 Å². The van der Waals surface area contributed by atoms with Crippen molar-refractivity contribution >= 4 is 19.2 Å². The lowest BCUT2D eigenvalue weighted by Crippen LogP contribution is -2.43. The van der Waals surface area contributed by atoms with Crippen LogP contribution in [0.25, 0.3) is 22.3 Å². The van der Waals surface area contributed by atoms with Crippen molar-refractivity contribution in [3.63, 3.8) is 0 Å². The molecule has 9 nitrogen and oxygen atoms in total. The zero-order chi connectivity index (χ0) is 32.0. The quantitative estimate of drug-likeness (QED) is 0.102. The van der Waals surface area contributed by atoms with Gasteiger partial charge in [-0.15, -0.1) is 0 Å². The van der Waals surface area contributed by atoms with Crippen molar-refractivity contribution in [1.82, 2.24) is 24.8 Å². The molecule has 0 spiro atoms. The van der Waals surface area contributed by atoms with Crippen LogP contribution in [0.5, 0.6) is 5.75 Å². The van der Waals surface area contributed by atoms with E-state index in [9.17, 15) is 0 Å². The summed E-state index contributed by atoms with van der Waals surface area (Å²) in [5.74, 6) is 0.872. The smallest absolute Gasteiger partial charge is 0.250 e. The molecule has 2 aromatic heterocycles. The molecule has 1 fully saturated rings. The molecule has 244 valence electrons. The highest BCUT2D eigenvalue weighted by Crippen LogP contribution is 2.39. The van der Waals surface area contributed by atoms with Crippen molar-refractivity contribution in [2.75, 3.05) is 19.8 Å². The highest BCUT2D eigenvalue weighted by molar-refractivity contribution is 6.74. The molecule has 1 unspecified atom stereocenters. The van der Waals surface area contributed by atoms with Crippen LogP contribution in [0.1, 0.15) is 84.6 Å². The van der Waals surface area contributed by atoms with Gasteiger partial charge in [-0.2, -0.15) is 20.1 Å². The summed E-state index contributed by atoms with van der Waals surface area (Å²) >= 11 is 0. The highest BCUT2D eigenvalue weighted by atomic mass is 28.4. The van der Waals surface area contributed by atoms with E-state index in [1.54, 1.807) is 4.80 Å². The van der Waals surface area contributed by atoms with Gasteiger partial charge in [-0.3, -0.25) is 0 Å². The monoisotopic (exact) mass is 633 g/mol. The molecule has 5 rings (SSSR count). The van der Waals surface area contributed by atoms with Gasteiger partial charge in [0.2, 0.25) is 8.32 Å². The van der Waals surface area contributed by atoms with E-state index in [0.717, 1.165) is 66.8 Å². The molecule has 1 aliphatic heterocycles. The summed E-state index contributed by atoms with van der Waals surface area (Å²) in [5.41, 5.74) is 3.76. The summed E-state index contributed by atoms with van der Waals surface area (Å²) in [6.45, 7) is 18.2. The second kappa shape index (κ2) is 14.6. The van der Waals surface area contributed by atoms with Crippen LogP contribution in [0.4, 0.5) is 0 Å². The molecule has 0 bridgehead atoms. The number of ether oxygens (including phenoxy) is 3. The highest BCUT2D eigenvalue weighted by Gasteiger charge is 2.39. The maximum absolute atomic E-state index is 6.68. The lowest BCUT2D eigenvalue weighted by atomic mass is 10.1. The molecular formula is C35H51N5O4Si. The number of rotatable bonds is 14. The molecule has 45 heavy (non-hydrogen) atoms. The molecule has 1 saturated heterocycles. The minimum absolute atomic E-state index is 0.0815. The predicted octanol–water partition coefficient (Wildman–Crippen LogP) is 8.34. The summed E-state index contributed by atoms with van der Waals surface area (Å²) in [7, 11) is -2.01. The first-order valence-corrected chi connectivity index (χ1v) is 19.4. The predicted molar refractivity (Wildman–Crippen MR) is 181 cm³/mol. The van der Waals surface area contributed by atoms with Crippen molar-refractivity contribution in [3.8, 4) is 17.1 Å². The number of benzene rings is 2. The van der Waals surface area contributed by atoms with Crippen molar-refractivity contribution in [2.24, 2.45) is 0 Å². The Hall–Kier alpha value is -3.05. The summed E-state index contributed by atoms with van der Waals surface area (Å²) in [6, 6.07) is 16.7. The van der Waals surface area contributed by atoms with Crippen LogP contribution in [0, 0.1) is 0 Å². The first-order chi connectivity index (χ1) is 21.5. The maximum Gasteiger partial charge on any atom is 0.250 e. The Balaban J connectivity index is 1.23. The molecule has 0 N–H and O–H groups in total. The normalized spacial score (nSPS) is 17.4. The Bertz CT molecular complexity index is 1510. The third kappa shape index (κ3) is 8.41. The standard InChI is InChI=1S/C35H51N5O4Si/c1-26(18-21-41-22-19-27(2)43-25-28-13-9-8-10-14-28)40-36-24-31(37-40)34-30-23-29(44-45(6,7)35(3,4)5)16-17-32(30)39(38-34)33-15-11-12-20-42-33/h8-10,13-14,16-17,23-24,26-27,33H,11-12,15,18-22,25H2,1-7H3/t26-,27-,33?/m0/s1. The van der Waals surface area contributed by atoms with Gasteiger partial charge in [0.15, 0.2) is 6.23 Å². The van der Waals surface area contributed by atoms with E-state index >= 15 is 0 Å². The SMILES string of the molecule is C[C@@H](CCOCC[C@H](C)n1ncc(-c2nn(C3CCCCO3)c3ccc(O[Si](C)(C)C(C)(C)C)cc23)n1)OCc1ccccc1. The van der Waals surface area contributed by atoms with E-state index in [1.807, 2.05) is 29.1 Å². The van der Waals surface area contributed by atoms with E-state index in [4.69, 9.17) is 28.8 Å². The fraction of sp³-hybridized carbons (Fsp3) is 0.571. The van der Waals surface area contributed by atoms with Crippen LogP contribution in [0.3, 0.4) is 0 Å². The number of hydrogen-bond acceptors (Lipinski definition) is 7. The molecule has 3 heterocycles. The number of fused-ring (bicyclic) bond motifs is 1. The second-order valence-corrected chi connectivity index (χ2v) is 18.6. The van der Waals surface area contributed by atoms with E-state index in [0.29, 0.717) is 19.8 Å². The van der Waals surface area contributed by atoms with E-state index in [1.165, 1.54) is 5.56 Å². The largest absolute Gasteiger partial charge is 0.543 e. The molecule has 0 radical (unpaired) electrons. The average Bonchev–Trinajstić information content (AvgIpc) is 3.65. The average molecular weight is 634 g/mol. The third-order valence-corrected chi connectivity index (χ3v) is 13.5. The minimum Gasteiger partial charge on any atom is -0.543 e. The zero-order valence-electron chi connectivity index (χ0n) is 28.2. The van der Waals surface area contributed by atoms with E-state index in [2.05, 4.69) is 83.1 Å². The van der Waals surface area contributed by atoms with Gasteiger partial charge in [0.05, 0.1) is 30.5 Å². The number of aromatic nitrogens is 5. The molecule has 4 aromatic rings. The Morgan fingerprint density at radius 2 is 1.78 bits per heavy atom. The van der Waals surface area contributed by atoms with Crippen LogP contribution in [-0.4, -0.2) is 59.0 Å². The second-order valence-electron chi connectivity index (χ2n) is 13.9. The summed E-state index contributed by atoms with van der Waals surface area (Å²) in [6.07, 6.45) is 6.70. The van der Waals surface area contributed by atoms with Gasteiger partial charge in [-0.25, -0.2) is 4.68 Å². The molecule has 10 heteroatoms. The van der Waals surface area contributed by atoms with Gasteiger partial charge in [-0.05, 0) is 87.8 Å². The van der Waals surface area contributed by atoms with Crippen molar-refractivity contribution in [3.05, 3.63) is 60.3 Å². The molecular weight excluding hydrogens is 583 g/mol. The first kappa shape index (κ1) is 33.3. The first-order valence-electron chi connectivity index (χ1n) is 16.5. The van der Waals surface area contributed by atoms with E-state index in [-0.39, 0.29) is 23.4 Å². The van der Waals surface area contributed by atoms with Crippen LogP contribution in [0.15, 0.2) is 54.7 Å². The molecule has 0 amide bonds. The topological polar surface area (TPSA) is 85.5 Å². The summed E-state index contributed by atoms with van der Waals surface area (Å²) in [4.78, 5) is 1.78. The Kier molecular flexibility index (Phi) is 10.8. The number of hydrogen-bond donors (Lipinski definition) is 0. The van der Waals surface area contributed by atoms with Crippen LogP contribution in [0.2, 0.25) is 18.1 Å². The van der Waals surface area contributed by atoms with E-state index < -0.39 is 8.32 Å². The van der Waals surface area contributed by atoms with Gasteiger partial charge in [0.1, 0.15) is 17.1 Å². The van der Waals surface area contributed by atoms with Gasteiger partial charge in [-0.1, -0.05) is 51.1 Å². The fourth-order valence-electron chi connectivity index (χ4n) is 5.17. The van der Waals surface area contributed by atoms with Crippen LogP contribution in [-0.2, 0) is 20.8 Å². The zero-order valence-corrected chi connectivity index (χ0v) is 29.2. The molecule has 0 saturated carbocycles. The lowest BCUT2D eigenvalue weighted by Gasteiger charge is -2.36. The summed E-state index contributed by atoms with van der Waals surface area (Å²) < 4.78 is 26.8. The van der Waals surface area contributed by atoms with Crippen molar-refractivity contribution < 1.29 is 18.6 Å². The van der Waals surface area contributed by atoms with Gasteiger partial charge in [0, 0.05) is 25.2 Å². The Labute approximate surface area is 269 Å². The molecule has 3 atom stereocenters. The van der Waals surface area contributed by atoms with Gasteiger partial charge >= 0.3 is 0 Å². The Morgan fingerprint density at radius 3 is 2.51 bits per heavy atom. The Morgan fingerprint density at radius 1 is 1.00 bits per heavy atom. The number of nitrogens with zero attached hydrogens (tertiary/aromatic N) is 5. The van der Waals surface area contributed by atoms with Crippen molar-refractivity contribution in [2.45, 2.75) is 110 Å². The van der Waals surface area contributed by atoms with Crippen molar-refractivity contribution in [1.29, 1.82) is 0 Å². The van der Waals surface area contributed by atoms with Crippen LogP contribution >= 0.6 is 0 Å².